The van der Waals surface area contributed by atoms with Crippen LogP contribution < -0.4 is 5.73 Å². The Morgan fingerprint density at radius 3 is 3.00 bits per heavy atom. The molecule has 1 unspecified atom stereocenters. The van der Waals surface area contributed by atoms with Gasteiger partial charge >= 0.3 is 5.97 Å². The van der Waals surface area contributed by atoms with Crippen LogP contribution in [-0.4, -0.2) is 16.1 Å². The van der Waals surface area contributed by atoms with Gasteiger partial charge in [-0.05, 0) is 6.92 Å². The minimum absolute atomic E-state index is 0.0742. The van der Waals surface area contributed by atoms with Crippen LogP contribution in [0.5, 0.6) is 0 Å². The number of carbonyl (C=O) groups is 1. The van der Waals surface area contributed by atoms with E-state index in [4.69, 9.17) is 10.8 Å². The number of carboxylic acid groups (broad SMARTS) is 1. The van der Waals surface area contributed by atoms with Gasteiger partial charge in [0.15, 0.2) is 0 Å². The van der Waals surface area contributed by atoms with Gasteiger partial charge in [0.05, 0.1) is 17.5 Å². The van der Waals surface area contributed by atoms with Gasteiger partial charge in [0.1, 0.15) is 0 Å². The Hall–Kier alpha value is -0.940. The lowest BCUT2D eigenvalue weighted by Crippen LogP contribution is -2.34. The number of hydrogen-bond acceptors (Lipinski definition) is 4. The Balaban J connectivity index is 2.79. The first-order valence-electron chi connectivity index (χ1n) is 3.42. The minimum atomic E-state index is -0.895. The predicted molar refractivity (Wildman–Crippen MR) is 45.9 cm³/mol. The molecule has 0 aliphatic heterocycles. The first-order valence-corrected chi connectivity index (χ1v) is 4.30. The fourth-order valence-electron chi connectivity index (χ4n) is 0.899. The van der Waals surface area contributed by atoms with Gasteiger partial charge in [0, 0.05) is 11.1 Å². The molecule has 1 atom stereocenters. The number of rotatable bonds is 3. The summed E-state index contributed by atoms with van der Waals surface area (Å²) in [5.74, 6) is -0.895. The Morgan fingerprint density at radius 1 is 1.92 bits per heavy atom. The third-order valence-electron chi connectivity index (χ3n) is 1.51. The van der Waals surface area contributed by atoms with Crippen molar-refractivity contribution in [3.05, 3.63) is 16.6 Å². The molecule has 1 aromatic heterocycles. The fraction of sp³-hybridized carbons (Fsp3) is 0.429. The normalized spacial score (nSPS) is 15.5. The number of hydrogen-bond donors (Lipinski definition) is 2. The van der Waals surface area contributed by atoms with Gasteiger partial charge < -0.3 is 10.8 Å². The molecule has 0 fully saturated rings. The van der Waals surface area contributed by atoms with E-state index < -0.39 is 11.5 Å². The van der Waals surface area contributed by atoms with Crippen LogP contribution in [0.1, 0.15) is 18.2 Å². The molecule has 0 bridgehead atoms. The van der Waals surface area contributed by atoms with E-state index in [0.717, 1.165) is 4.88 Å². The molecule has 0 aliphatic carbocycles. The van der Waals surface area contributed by atoms with Crippen LogP contribution in [0, 0.1) is 0 Å². The molecule has 66 valence electrons. The largest absolute Gasteiger partial charge is 0.481 e. The second kappa shape index (κ2) is 3.20. The molecule has 12 heavy (non-hydrogen) atoms. The highest BCUT2D eigenvalue weighted by atomic mass is 32.1. The average Bonchev–Trinajstić information content (AvgIpc) is 2.32. The summed E-state index contributed by atoms with van der Waals surface area (Å²) in [4.78, 5) is 15.1. The lowest BCUT2D eigenvalue weighted by molar-refractivity contribution is -0.138. The van der Waals surface area contributed by atoms with Crippen molar-refractivity contribution in [1.82, 2.24) is 4.98 Å². The monoisotopic (exact) mass is 186 g/mol. The lowest BCUT2D eigenvalue weighted by atomic mass is 9.98. The first kappa shape index (κ1) is 9.15. The van der Waals surface area contributed by atoms with Crippen LogP contribution in [0.3, 0.4) is 0 Å². The highest BCUT2D eigenvalue weighted by Crippen LogP contribution is 2.24. The number of aromatic nitrogens is 1. The van der Waals surface area contributed by atoms with Gasteiger partial charge in [-0.15, -0.1) is 11.3 Å². The van der Waals surface area contributed by atoms with Gasteiger partial charge in [-0.3, -0.25) is 9.78 Å². The van der Waals surface area contributed by atoms with Crippen molar-refractivity contribution in [2.75, 3.05) is 0 Å². The third kappa shape index (κ3) is 2.02. The molecule has 0 aromatic carbocycles. The second-order valence-electron chi connectivity index (χ2n) is 2.85. The minimum Gasteiger partial charge on any atom is -0.481 e. The predicted octanol–water partition coefficient (Wildman–Crippen LogP) is 0.792. The number of thiazole rings is 1. The van der Waals surface area contributed by atoms with Gasteiger partial charge in [0.25, 0.3) is 0 Å². The Morgan fingerprint density at radius 2 is 2.58 bits per heavy atom. The first-order chi connectivity index (χ1) is 5.52. The van der Waals surface area contributed by atoms with E-state index in [9.17, 15) is 4.79 Å². The van der Waals surface area contributed by atoms with Crippen LogP contribution in [-0.2, 0) is 10.3 Å². The summed E-state index contributed by atoms with van der Waals surface area (Å²) in [6.45, 7) is 1.69. The van der Waals surface area contributed by atoms with E-state index in [0.29, 0.717) is 0 Å². The Kier molecular flexibility index (Phi) is 2.44. The van der Waals surface area contributed by atoms with Crippen LogP contribution in [0.15, 0.2) is 11.7 Å². The zero-order valence-corrected chi connectivity index (χ0v) is 7.47. The van der Waals surface area contributed by atoms with Crippen molar-refractivity contribution in [3.63, 3.8) is 0 Å². The van der Waals surface area contributed by atoms with Crippen LogP contribution in [0.4, 0.5) is 0 Å². The smallest absolute Gasteiger partial charge is 0.305 e. The van der Waals surface area contributed by atoms with E-state index in [-0.39, 0.29) is 6.42 Å². The zero-order chi connectivity index (χ0) is 9.19. The highest BCUT2D eigenvalue weighted by molar-refractivity contribution is 7.09. The molecule has 4 nitrogen and oxygen atoms in total. The highest BCUT2D eigenvalue weighted by Gasteiger charge is 2.25. The molecule has 0 aliphatic rings. The SMILES string of the molecule is CC(N)(CC(=O)O)c1cncs1. The van der Waals surface area contributed by atoms with Gasteiger partial charge in [-0.2, -0.15) is 0 Å². The molecule has 3 N–H and O–H groups in total. The topological polar surface area (TPSA) is 76.2 Å². The van der Waals surface area contributed by atoms with Crippen molar-refractivity contribution in [2.24, 2.45) is 5.73 Å². The molecule has 0 saturated heterocycles. The Bertz CT molecular complexity index is 269. The molecular weight excluding hydrogens is 176 g/mol. The van der Waals surface area contributed by atoms with E-state index in [1.807, 2.05) is 0 Å². The quantitative estimate of drug-likeness (QED) is 0.731. The third-order valence-corrected chi connectivity index (χ3v) is 2.57. The molecule has 0 radical (unpaired) electrons. The van der Waals surface area contributed by atoms with E-state index in [2.05, 4.69) is 4.98 Å². The summed E-state index contributed by atoms with van der Waals surface area (Å²) in [5, 5.41) is 8.55. The molecule has 1 rings (SSSR count). The maximum Gasteiger partial charge on any atom is 0.305 e. The van der Waals surface area contributed by atoms with Crippen LogP contribution in [0.25, 0.3) is 0 Å². The standard InChI is InChI=1S/C7H10N2O2S/c1-7(8,2-6(10)11)5-3-9-4-12-5/h3-4H,2,8H2,1H3,(H,10,11). The summed E-state index contributed by atoms with van der Waals surface area (Å²) < 4.78 is 0. The van der Waals surface area contributed by atoms with E-state index in [1.54, 1.807) is 18.6 Å². The van der Waals surface area contributed by atoms with Crippen molar-refractivity contribution in [3.8, 4) is 0 Å². The molecule has 1 heterocycles. The summed E-state index contributed by atoms with van der Waals surface area (Å²) in [6.07, 6.45) is 1.53. The van der Waals surface area contributed by atoms with E-state index in [1.165, 1.54) is 11.3 Å². The molecule has 5 heteroatoms. The van der Waals surface area contributed by atoms with Crippen LogP contribution >= 0.6 is 11.3 Å². The summed E-state index contributed by atoms with van der Waals surface area (Å²) in [6, 6.07) is 0. The number of aliphatic carboxylic acids is 1. The molecule has 1 aromatic rings. The van der Waals surface area contributed by atoms with Gasteiger partial charge in [-0.25, -0.2) is 0 Å². The van der Waals surface area contributed by atoms with Gasteiger partial charge in [0.2, 0.25) is 0 Å². The van der Waals surface area contributed by atoms with Crippen molar-refractivity contribution >= 4 is 17.3 Å². The maximum absolute atomic E-state index is 10.4. The molecule has 0 saturated carbocycles. The fourth-order valence-corrected chi connectivity index (χ4v) is 1.60. The Labute approximate surface area is 74.0 Å². The van der Waals surface area contributed by atoms with Crippen molar-refractivity contribution in [2.45, 2.75) is 18.9 Å². The number of carboxylic acids is 1. The summed E-state index contributed by atoms with van der Waals surface area (Å²) >= 11 is 1.37. The van der Waals surface area contributed by atoms with Crippen molar-refractivity contribution in [1.29, 1.82) is 0 Å². The number of nitrogens with zero attached hydrogens (tertiary/aromatic N) is 1. The summed E-state index contributed by atoms with van der Waals surface area (Å²) in [7, 11) is 0. The molecular formula is C7H10N2O2S. The van der Waals surface area contributed by atoms with Crippen LogP contribution in [0.2, 0.25) is 0 Å². The second-order valence-corrected chi connectivity index (χ2v) is 3.74. The maximum atomic E-state index is 10.4. The zero-order valence-electron chi connectivity index (χ0n) is 6.65. The lowest BCUT2D eigenvalue weighted by Gasteiger charge is -2.19. The van der Waals surface area contributed by atoms with Gasteiger partial charge in [-0.1, -0.05) is 0 Å². The molecule has 0 amide bonds. The number of nitrogens with two attached hydrogens (primary N) is 1. The van der Waals surface area contributed by atoms with Crippen molar-refractivity contribution < 1.29 is 9.90 Å². The summed E-state index contributed by atoms with van der Waals surface area (Å²) in [5.41, 5.74) is 6.62. The average molecular weight is 186 g/mol. The molecule has 0 spiro atoms. The van der Waals surface area contributed by atoms with E-state index >= 15 is 0 Å².